The van der Waals surface area contributed by atoms with Crippen LogP contribution in [0, 0.1) is 0 Å². The highest BCUT2D eigenvalue weighted by atomic mass is 35.5. The smallest absolute Gasteiger partial charge is 0.264 e. The van der Waals surface area contributed by atoms with Gasteiger partial charge >= 0.3 is 0 Å². The van der Waals surface area contributed by atoms with Crippen LogP contribution in [0.15, 0.2) is 52.3 Å². The van der Waals surface area contributed by atoms with Gasteiger partial charge < -0.3 is 14.9 Å². The highest BCUT2D eigenvalue weighted by molar-refractivity contribution is 7.99. The number of anilines is 2. The fourth-order valence-electron chi connectivity index (χ4n) is 4.48. The summed E-state index contributed by atoms with van der Waals surface area (Å²) in [6.07, 6.45) is 5.17. The van der Waals surface area contributed by atoms with Gasteiger partial charge in [-0.1, -0.05) is 48.8 Å². The third-order valence-corrected chi connectivity index (χ3v) is 8.31. The van der Waals surface area contributed by atoms with Crippen molar-refractivity contribution in [3.05, 3.63) is 47.5 Å². The van der Waals surface area contributed by atoms with Crippen molar-refractivity contribution in [3.8, 4) is 0 Å². The monoisotopic (exact) mass is 526 g/mol. The molecule has 2 atom stereocenters. The van der Waals surface area contributed by atoms with Gasteiger partial charge in [0.25, 0.3) is 10.1 Å². The summed E-state index contributed by atoms with van der Waals surface area (Å²) in [5, 5.41) is 10.8. The van der Waals surface area contributed by atoms with E-state index in [1.54, 1.807) is 0 Å². The Morgan fingerprint density at radius 2 is 1.79 bits per heavy atom. The van der Waals surface area contributed by atoms with Gasteiger partial charge in [-0.2, -0.15) is 8.42 Å². The maximum absolute atomic E-state index is 10.0. The predicted octanol–water partition coefficient (Wildman–Crippen LogP) is 5.85. The van der Waals surface area contributed by atoms with Gasteiger partial charge in [-0.3, -0.25) is 4.55 Å². The molecule has 9 heteroatoms. The third-order valence-electron chi connectivity index (χ3n) is 6.21. The zero-order valence-corrected chi connectivity index (χ0v) is 22.2. The number of halogens is 1. The largest absolute Gasteiger partial charge is 0.393 e. The van der Waals surface area contributed by atoms with Gasteiger partial charge in [-0.15, -0.1) is 0 Å². The number of rotatable bonds is 7. The van der Waals surface area contributed by atoms with Crippen molar-refractivity contribution in [1.29, 1.82) is 0 Å². The second-order valence-corrected chi connectivity index (χ2v) is 12.0. The fraction of sp³-hybridized carbons (Fsp3) is 0.520. The minimum Gasteiger partial charge on any atom is -0.393 e. The molecule has 2 N–H and O–H groups in total. The molecule has 2 aliphatic heterocycles. The molecule has 6 nitrogen and oxygen atoms in total. The first-order chi connectivity index (χ1) is 16.2. The van der Waals surface area contributed by atoms with Crippen molar-refractivity contribution >= 4 is 44.9 Å². The molecule has 0 amide bonds. The highest BCUT2D eigenvalue weighted by Gasteiger charge is 2.27. The van der Waals surface area contributed by atoms with Gasteiger partial charge in [0.2, 0.25) is 0 Å². The molecular formula is C25H35ClN2O4S2. The minimum atomic E-state index is -3.66. The van der Waals surface area contributed by atoms with Crippen LogP contribution < -0.4 is 4.90 Å². The van der Waals surface area contributed by atoms with Gasteiger partial charge in [-0.05, 0) is 62.9 Å². The van der Waals surface area contributed by atoms with E-state index in [0.717, 1.165) is 43.9 Å². The Morgan fingerprint density at radius 3 is 2.50 bits per heavy atom. The number of hydrogen-bond acceptors (Lipinski definition) is 6. The average molecular weight is 527 g/mol. The first-order valence-corrected chi connectivity index (χ1v) is 14.7. The Bertz CT molecular complexity index is 1050. The molecule has 0 spiro atoms. The molecule has 34 heavy (non-hydrogen) atoms. The summed E-state index contributed by atoms with van der Waals surface area (Å²) >= 11 is 8.15. The predicted molar refractivity (Wildman–Crippen MR) is 141 cm³/mol. The Hall–Kier alpha value is -1.29. The molecule has 1 fully saturated rings. The van der Waals surface area contributed by atoms with E-state index >= 15 is 0 Å². The summed E-state index contributed by atoms with van der Waals surface area (Å²) in [4.78, 5) is 7.61. The molecule has 0 radical (unpaired) electrons. The normalized spacial score (nSPS) is 20.2. The van der Waals surface area contributed by atoms with Crippen molar-refractivity contribution < 1.29 is 18.1 Å². The second kappa shape index (κ2) is 12.6. The number of aliphatic hydroxyl groups is 1. The van der Waals surface area contributed by atoms with Crippen LogP contribution in [0.1, 0.15) is 46.0 Å². The Kier molecular flexibility index (Phi) is 10.1. The van der Waals surface area contributed by atoms with E-state index in [9.17, 15) is 13.5 Å². The Labute approximate surface area is 213 Å². The van der Waals surface area contributed by atoms with E-state index < -0.39 is 10.1 Å². The third kappa shape index (κ3) is 7.60. The number of benzene rings is 2. The van der Waals surface area contributed by atoms with Gasteiger partial charge in [0, 0.05) is 40.5 Å². The van der Waals surface area contributed by atoms with E-state index in [1.807, 2.05) is 17.8 Å². The molecule has 0 bridgehead atoms. The van der Waals surface area contributed by atoms with E-state index in [2.05, 4.69) is 53.1 Å². The molecule has 0 aromatic heterocycles. The van der Waals surface area contributed by atoms with Gasteiger partial charge in [0.15, 0.2) is 0 Å². The summed E-state index contributed by atoms with van der Waals surface area (Å²) in [6.45, 7) is 6.68. The van der Waals surface area contributed by atoms with Crippen molar-refractivity contribution in [3.63, 3.8) is 0 Å². The molecule has 2 aromatic rings. The maximum Gasteiger partial charge on any atom is 0.264 e. The minimum absolute atomic E-state index is 0.118. The number of fused-ring (bicyclic) bond motifs is 2. The summed E-state index contributed by atoms with van der Waals surface area (Å²) < 4.78 is 26.9. The van der Waals surface area contributed by atoms with Crippen LogP contribution in [0.2, 0.25) is 5.02 Å². The summed E-state index contributed by atoms with van der Waals surface area (Å²) in [6, 6.07) is 15.4. The lowest BCUT2D eigenvalue weighted by atomic mass is 9.96. The summed E-state index contributed by atoms with van der Waals surface area (Å²) in [7, 11) is -3.66. The SMILES string of the molecule is CCCC1CC(O)CCN1CCCN1c2ccccc2Sc2ccc(Cl)cc21.CCS(=O)(=O)O. The van der Waals surface area contributed by atoms with Gasteiger partial charge in [-0.25, -0.2) is 0 Å². The van der Waals surface area contributed by atoms with E-state index in [0.29, 0.717) is 6.04 Å². The van der Waals surface area contributed by atoms with E-state index in [4.69, 9.17) is 16.2 Å². The van der Waals surface area contributed by atoms with E-state index in [-0.39, 0.29) is 11.9 Å². The van der Waals surface area contributed by atoms with Crippen LogP contribution in [-0.4, -0.2) is 60.5 Å². The van der Waals surface area contributed by atoms with Gasteiger partial charge in [0.05, 0.1) is 23.2 Å². The second-order valence-electron chi connectivity index (χ2n) is 8.71. The molecule has 188 valence electrons. The Balaban J connectivity index is 0.000000481. The molecule has 2 aliphatic rings. The fourth-order valence-corrected chi connectivity index (χ4v) is 5.72. The van der Waals surface area contributed by atoms with E-state index in [1.165, 1.54) is 40.9 Å². The lowest BCUT2D eigenvalue weighted by Gasteiger charge is -2.39. The molecule has 0 saturated carbocycles. The first-order valence-electron chi connectivity index (χ1n) is 11.9. The number of likely N-dealkylation sites (tertiary alicyclic amines) is 1. The number of piperidine rings is 1. The highest BCUT2D eigenvalue weighted by Crippen LogP contribution is 2.48. The number of para-hydroxylation sites is 1. The van der Waals surface area contributed by atoms with Crippen LogP contribution >= 0.6 is 23.4 Å². The van der Waals surface area contributed by atoms with Crippen LogP contribution in [-0.2, 0) is 10.1 Å². The number of nitrogens with zero attached hydrogens (tertiary/aromatic N) is 2. The standard InChI is InChI=1S/C23H29ClN2OS.C2H6O3S/c1-2-6-18-16-19(27)11-14-25(18)12-5-13-26-20-7-3-4-8-22(20)28-23-10-9-17(24)15-21(23)26;1-2-6(3,4)5/h3-4,7-10,15,18-19,27H,2,5-6,11-14,16H2,1H3;2H2,1H3,(H,3,4,5). The zero-order valence-electron chi connectivity index (χ0n) is 19.9. The quantitative estimate of drug-likeness (QED) is 0.438. The molecule has 0 aliphatic carbocycles. The average Bonchev–Trinajstić information content (AvgIpc) is 2.80. The first kappa shape index (κ1) is 27.3. The topological polar surface area (TPSA) is 81.1 Å². The van der Waals surface area contributed by atoms with Crippen LogP contribution in [0.5, 0.6) is 0 Å². The van der Waals surface area contributed by atoms with Crippen molar-refractivity contribution in [2.75, 3.05) is 30.3 Å². The number of hydrogen-bond donors (Lipinski definition) is 2. The lowest BCUT2D eigenvalue weighted by molar-refractivity contribution is 0.0376. The number of aliphatic hydroxyl groups excluding tert-OH is 1. The molecule has 4 rings (SSSR count). The molecular weight excluding hydrogens is 492 g/mol. The van der Waals surface area contributed by atoms with Crippen LogP contribution in [0.3, 0.4) is 0 Å². The van der Waals surface area contributed by atoms with Crippen LogP contribution in [0.4, 0.5) is 11.4 Å². The molecule has 1 saturated heterocycles. The Morgan fingerprint density at radius 1 is 1.09 bits per heavy atom. The summed E-state index contributed by atoms with van der Waals surface area (Å²) in [5.74, 6) is -0.201. The maximum atomic E-state index is 10.0. The van der Waals surface area contributed by atoms with Crippen molar-refractivity contribution in [2.45, 2.75) is 67.9 Å². The molecule has 2 unspecified atom stereocenters. The summed E-state index contributed by atoms with van der Waals surface area (Å²) in [5.41, 5.74) is 2.50. The zero-order chi connectivity index (χ0) is 24.7. The molecule has 2 aromatic carbocycles. The van der Waals surface area contributed by atoms with Gasteiger partial charge in [0.1, 0.15) is 0 Å². The van der Waals surface area contributed by atoms with Crippen molar-refractivity contribution in [2.24, 2.45) is 0 Å². The van der Waals surface area contributed by atoms with Crippen molar-refractivity contribution in [1.82, 2.24) is 4.90 Å². The molecule has 2 heterocycles. The lowest BCUT2D eigenvalue weighted by Crippen LogP contribution is -2.45. The van der Waals surface area contributed by atoms with Crippen LogP contribution in [0.25, 0.3) is 0 Å².